The highest BCUT2D eigenvalue weighted by Gasteiger charge is 2.31. The Kier molecular flexibility index (Phi) is 9.82. The van der Waals surface area contributed by atoms with E-state index in [-0.39, 0.29) is 52.5 Å². The molecule has 19 heteroatoms. The standard InChI is InChI=1S/C26H25F3N8O5S3/c1-16-32-34-24(44-16)31-22(38)15-43-25-35-33-21(37(25)19-4-2-3-18(13-19)26(27,28)29)14-30-23(39)17-5-7-20(8-6-17)45(40,41)36-9-11-42-12-10-36/h2-8,13H,9-12,14-15H2,1H3,(H,30,39)(H,31,34,38). The third-order valence-corrected chi connectivity index (χ3v) is 9.96. The van der Waals surface area contributed by atoms with Crippen LogP contribution < -0.4 is 10.6 Å². The van der Waals surface area contributed by atoms with Crippen LogP contribution in [0.2, 0.25) is 0 Å². The molecule has 0 spiro atoms. The van der Waals surface area contributed by atoms with Gasteiger partial charge in [0.15, 0.2) is 11.0 Å². The lowest BCUT2D eigenvalue weighted by Crippen LogP contribution is -2.40. The number of benzene rings is 2. The summed E-state index contributed by atoms with van der Waals surface area (Å²) >= 11 is 2.11. The highest BCUT2D eigenvalue weighted by molar-refractivity contribution is 7.99. The van der Waals surface area contributed by atoms with Crippen molar-refractivity contribution in [2.45, 2.75) is 29.7 Å². The minimum Gasteiger partial charge on any atom is -0.379 e. The third-order valence-electron chi connectivity index (χ3n) is 6.37. The number of hydrogen-bond donors (Lipinski definition) is 2. The Morgan fingerprint density at radius 3 is 2.44 bits per heavy atom. The first-order valence-corrected chi connectivity index (χ1v) is 16.5. The number of hydrogen-bond acceptors (Lipinski definition) is 11. The number of halogens is 3. The fourth-order valence-corrected chi connectivity index (χ4v) is 6.98. The van der Waals surface area contributed by atoms with Crippen LogP contribution in [0.1, 0.15) is 26.8 Å². The molecule has 0 bridgehead atoms. The van der Waals surface area contributed by atoms with Gasteiger partial charge in [0.1, 0.15) is 5.01 Å². The summed E-state index contributed by atoms with van der Waals surface area (Å²) in [7, 11) is -3.75. The van der Waals surface area contributed by atoms with Crippen molar-refractivity contribution < 1.29 is 35.9 Å². The second-order valence-corrected chi connectivity index (χ2v) is 13.5. The molecule has 2 aromatic heterocycles. The molecule has 13 nitrogen and oxygen atoms in total. The monoisotopic (exact) mass is 682 g/mol. The third kappa shape index (κ3) is 7.85. The molecule has 2 aromatic carbocycles. The zero-order valence-corrected chi connectivity index (χ0v) is 25.9. The minimum atomic E-state index is -4.62. The number of aryl methyl sites for hydroxylation is 1. The quantitative estimate of drug-likeness (QED) is 0.238. The normalized spacial score (nSPS) is 14.3. The van der Waals surface area contributed by atoms with Crippen molar-refractivity contribution in [2.24, 2.45) is 0 Å². The molecule has 238 valence electrons. The second kappa shape index (κ2) is 13.6. The summed E-state index contributed by atoms with van der Waals surface area (Å²) in [5.74, 6) is -1.09. The Morgan fingerprint density at radius 1 is 1.04 bits per heavy atom. The van der Waals surface area contributed by atoms with Crippen molar-refractivity contribution in [3.8, 4) is 5.69 Å². The van der Waals surface area contributed by atoms with E-state index in [1.165, 1.54) is 56.6 Å². The number of aromatic nitrogens is 5. The summed E-state index contributed by atoms with van der Waals surface area (Å²) in [6, 6.07) is 9.86. The largest absolute Gasteiger partial charge is 0.416 e. The first kappa shape index (κ1) is 32.5. The number of anilines is 1. The van der Waals surface area contributed by atoms with Crippen LogP contribution >= 0.6 is 23.1 Å². The van der Waals surface area contributed by atoms with E-state index in [9.17, 15) is 31.2 Å². The van der Waals surface area contributed by atoms with E-state index >= 15 is 0 Å². The van der Waals surface area contributed by atoms with Gasteiger partial charge in [-0.15, -0.1) is 20.4 Å². The van der Waals surface area contributed by atoms with Crippen LogP contribution in [0.15, 0.2) is 58.6 Å². The van der Waals surface area contributed by atoms with Crippen molar-refractivity contribution in [1.82, 2.24) is 34.6 Å². The SMILES string of the molecule is Cc1nnc(NC(=O)CSc2nnc(CNC(=O)c3ccc(S(=O)(=O)N4CCOCC4)cc3)n2-c2cccc(C(F)(F)F)c2)s1. The second-order valence-electron chi connectivity index (χ2n) is 9.47. The van der Waals surface area contributed by atoms with Crippen molar-refractivity contribution in [2.75, 3.05) is 37.4 Å². The number of carbonyl (C=O) groups excluding carboxylic acids is 2. The van der Waals surface area contributed by atoms with Gasteiger partial charge in [-0.1, -0.05) is 29.2 Å². The lowest BCUT2D eigenvalue weighted by Gasteiger charge is -2.26. The summed E-state index contributed by atoms with van der Waals surface area (Å²) in [6.07, 6.45) is -4.62. The maximum absolute atomic E-state index is 13.5. The van der Waals surface area contributed by atoms with Crippen LogP contribution in [-0.2, 0) is 32.3 Å². The van der Waals surface area contributed by atoms with Crippen LogP contribution in [0.4, 0.5) is 18.3 Å². The maximum Gasteiger partial charge on any atom is 0.416 e. The van der Waals surface area contributed by atoms with Gasteiger partial charge in [0.05, 0.1) is 41.7 Å². The average molecular weight is 683 g/mol. The van der Waals surface area contributed by atoms with Gasteiger partial charge >= 0.3 is 6.18 Å². The number of ether oxygens (including phenoxy) is 1. The van der Waals surface area contributed by atoms with Crippen molar-refractivity contribution >= 4 is 50.1 Å². The number of amides is 2. The van der Waals surface area contributed by atoms with Gasteiger partial charge < -0.3 is 10.1 Å². The molecule has 1 aliphatic heterocycles. The van der Waals surface area contributed by atoms with Crippen molar-refractivity contribution in [3.63, 3.8) is 0 Å². The van der Waals surface area contributed by atoms with E-state index in [0.29, 0.717) is 23.4 Å². The van der Waals surface area contributed by atoms with Gasteiger partial charge in [-0.2, -0.15) is 17.5 Å². The predicted octanol–water partition coefficient (Wildman–Crippen LogP) is 3.13. The summed E-state index contributed by atoms with van der Waals surface area (Å²) < 4.78 is 74.1. The number of alkyl halides is 3. The molecule has 45 heavy (non-hydrogen) atoms. The molecule has 5 rings (SSSR count). The minimum absolute atomic E-state index is 0.0252. The van der Waals surface area contributed by atoms with E-state index in [4.69, 9.17) is 4.74 Å². The van der Waals surface area contributed by atoms with Gasteiger partial charge in [-0.3, -0.25) is 19.5 Å². The number of nitrogens with one attached hydrogen (secondary N) is 2. The Morgan fingerprint density at radius 2 is 1.78 bits per heavy atom. The summed E-state index contributed by atoms with van der Waals surface area (Å²) in [4.78, 5) is 25.5. The lowest BCUT2D eigenvalue weighted by molar-refractivity contribution is -0.137. The zero-order chi connectivity index (χ0) is 32.2. The Hall–Kier alpha value is -3.91. The van der Waals surface area contributed by atoms with Crippen LogP contribution in [0.5, 0.6) is 0 Å². The Balaban J connectivity index is 1.32. The van der Waals surface area contributed by atoms with Crippen LogP contribution in [-0.4, -0.2) is 81.6 Å². The molecule has 2 N–H and O–H groups in total. The molecule has 3 heterocycles. The Bertz CT molecular complexity index is 1790. The number of morpholine rings is 1. The predicted molar refractivity (Wildman–Crippen MR) is 158 cm³/mol. The number of nitrogens with zero attached hydrogens (tertiary/aromatic N) is 6. The molecule has 0 atom stereocenters. The molecule has 1 fully saturated rings. The highest BCUT2D eigenvalue weighted by atomic mass is 32.2. The van der Waals surface area contributed by atoms with Crippen LogP contribution in [0.3, 0.4) is 0 Å². The molecule has 0 unspecified atom stereocenters. The van der Waals surface area contributed by atoms with E-state index in [0.717, 1.165) is 23.9 Å². The van der Waals surface area contributed by atoms with E-state index in [1.807, 2.05) is 0 Å². The Labute approximate surface area is 263 Å². The molecule has 1 aliphatic rings. The summed E-state index contributed by atoms with van der Waals surface area (Å²) in [6.45, 7) is 2.53. The topological polar surface area (TPSA) is 161 Å². The van der Waals surface area contributed by atoms with Crippen LogP contribution in [0, 0.1) is 6.92 Å². The molecular weight excluding hydrogens is 658 g/mol. The number of carbonyl (C=O) groups is 2. The van der Waals surface area contributed by atoms with Gasteiger partial charge in [0.25, 0.3) is 5.91 Å². The highest BCUT2D eigenvalue weighted by Crippen LogP contribution is 2.32. The molecule has 0 aliphatic carbocycles. The number of sulfonamides is 1. The number of rotatable bonds is 10. The van der Waals surface area contributed by atoms with Crippen LogP contribution in [0.25, 0.3) is 5.69 Å². The van der Waals surface area contributed by atoms with E-state index < -0.39 is 33.6 Å². The van der Waals surface area contributed by atoms with Gasteiger partial charge in [-0.05, 0) is 49.4 Å². The number of thioether (sulfide) groups is 1. The lowest BCUT2D eigenvalue weighted by atomic mass is 10.2. The molecular formula is C26H25F3N8O5S3. The van der Waals surface area contributed by atoms with Gasteiger partial charge in [0, 0.05) is 18.7 Å². The van der Waals surface area contributed by atoms with Crippen molar-refractivity contribution in [1.29, 1.82) is 0 Å². The van der Waals surface area contributed by atoms with E-state index in [1.54, 1.807) is 6.92 Å². The van der Waals surface area contributed by atoms with E-state index in [2.05, 4.69) is 31.0 Å². The molecule has 0 saturated carbocycles. The molecule has 2 amide bonds. The van der Waals surface area contributed by atoms with Gasteiger partial charge in [-0.25, -0.2) is 8.42 Å². The summed E-state index contributed by atoms with van der Waals surface area (Å²) in [5, 5.41) is 22.1. The maximum atomic E-state index is 13.5. The molecule has 1 saturated heterocycles. The molecule has 4 aromatic rings. The first-order valence-electron chi connectivity index (χ1n) is 13.2. The summed E-state index contributed by atoms with van der Waals surface area (Å²) in [5.41, 5.74) is -0.685. The molecule has 0 radical (unpaired) electrons. The average Bonchev–Trinajstić information content (AvgIpc) is 3.64. The van der Waals surface area contributed by atoms with Gasteiger partial charge in [0.2, 0.25) is 21.1 Å². The first-order chi connectivity index (χ1) is 21.4. The fraction of sp³-hybridized carbons (Fsp3) is 0.308. The zero-order valence-electron chi connectivity index (χ0n) is 23.4. The smallest absolute Gasteiger partial charge is 0.379 e. The van der Waals surface area contributed by atoms with Crippen molar-refractivity contribution in [3.05, 3.63) is 70.5 Å². The fourth-order valence-electron chi connectivity index (χ4n) is 4.20.